The van der Waals surface area contributed by atoms with Crippen LogP contribution in [0.2, 0.25) is 0 Å². The van der Waals surface area contributed by atoms with Gasteiger partial charge in [-0.15, -0.1) is 0 Å². The fourth-order valence-electron chi connectivity index (χ4n) is 0.771. The Morgan fingerprint density at radius 2 is 2.43 bits per heavy atom. The molecule has 6 nitrogen and oxygen atoms in total. The van der Waals surface area contributed by atoms with E-state index >= 15 is 0 Å². The number of nitrogens with one attached hydrogen (secondary N) is 1. The van der Waals surface area contributed by atoms with Crippen molar-refractivity contribution in [3.63, 3.8) is 0 Å². The van der Waals surface area contributed by atoms with Gasteiger partial charge in [-0.2, -0.15) is 0 Å². The molecule has 0 bridgehead atoms. The van der Waals surface area contributed by atoms with Gasteiger partial charge in [0.2, 0.25) is 5.88 Å². The van der Waals surface area contributed by atoms with Crippen molar-refractivity contribution < 1.29 is 14.6 Å². The summed E-state index contributed by atoms with van der Waals surface area (Å²) in [4.78, 5) is 27.5. The van der Waals surface area contributed by atoms with Crippen LogP contribution in [0.5, 0.6) is 5.88 Å². The quantitative estimate of drug-likeness (QED) is 0.498. The molecule has 0 saturated heterocycles. The minimum atomic E-state index is -0.618. The Hall–Kier alpha value is -2.11. The first-order valence-corrected chi connectivity index (χ1v) is 3.68. The number of rotatable bonds is 2. The molecular weight excluding hydrogens is 188 g/mol. The molecule has 0 spiro atoms. The maximum atomic E-state index is 11.1. The summed E-state index contributed by atoms with van der Waals surface area (Å²) in [5, 5.41) is 9.14. The van der Waals surface area contributed by atoms with E-state index in [1.165, 1.54) is 7.11 Å². The second-order valence-corrected chi connectivity index (χ2v) is 2.33. The van der Waals surface area contributed by atoms with Crippen LogP contribution in [0.3, 0.4) is 0 Å². The molecule has 74 valence electrons. The maximum absolute atomic E-state index is 11.1. The lowest BCUT2D eigenvalue weighted by Gasteiger charge is -1.94. The van der Waals surface area contributed by atoms with Crippen molar-refractivity contribution in [3.8, 4) is 5.88 Å². The Balaban J connectivity index is 3.03. The fourth-order valence-corrected chi connectivity index (χ4v) is 0.771. The molecule has 1 heterocycles. The van der Waals surface area contributed by atoms with Gasteiger partial charge in [-0.3, -0.25) is 4.79 Å². The lowest BCUT2D eigenvalue weighted by atomic mass is 10.3. The molecule has 0 fully saturated rings. The second-order valence-electron chi connectivity index (χ2n) is 2.33. The number of methoxy groups -OCH3 is 1. The number of hydrogen-bond donors (Lipinski definition) is 2. The number of ether oxygens (including phenoxy) is 1. The molecule has 0 aliphatic heterocycles. The smallest absolute Gasteiger partial charge is 0.330 e. The molecule has 0 aliphatic carbocycles. The SMILES string of the molecule is COC(=O)C=Cc1c(O)nc[nH]c1=O. The topological polar surface area (TPSA) is 92.3 Å². The monoisotopic (exact) mass is 196 g/mol. The molecule has 0 aliphatic rings. The number of aromatic nitrogens is 2. The summed E-state index contributed by atoms with van der Waals surface area (Å²) in [7, 11) is 1.21. The van der Waals surface area contributed by atoms with Crippen LogP contribution in [0.25, 0.3) is 6.08 Å². The summed E-state index contributed by atoms with van der Waals surface area (Å²) in [6.07, 6.45) is 3.21. The predicted octanol–water partition coefficient (Wildman–Crippen LogP) is -0.338. The number of aromatic hydroxyl groups is 1. The third-order valence-electron chi connectivity index (χ3n) is 1.46. The van der Waals surface area contributed by atoms with Crippen molar-refractivity contribution in [2.24, 2.45) is 0 Å². The summed E-state index contributed by atoms with van der Waals surface area (Å²) in [5.41, 5.74) is -0.615. The molecule has 2 N–H and O–H groups in total. The Morgan fingerprint density at radius 1 is 1.71 bits per heavy atom. The molecule has 0 saturated carbocycles. The first kappa shape index (κ1) is 9.97. The minimum absolute atomic E-state index is 0.0853. The van der Waals surface area contributed by atoms with Gasteiger partial charge in [0.25, 0.3) is 5.56 Å². The van der Waals surface area contributed by atoms with Crippen LogP contribution in [-0.4, -0.2) is 28.2 Å². The van der Waals surface area contributed by atoms with E-state index < -0.39 is 17.4 Å². The van der Waals surface area contributed by atoms with Gasteiger partial charge in [-0.05, 0) is 6.08 Å². The average Bonchev–Trinajstić information content (AvgIpc) is 2.16. The van der Waals surface area contributed by atoms with Crippen LogP contribution < -0.4 is 5.56 Å². The number of aromatic amines is 1. The molecule has 14 heavy (non-hydrogen) atoms. The van der Waals surface area contributed by atoms with Gasteiger partial charge in [0.1, 0.15) is 5.56 Å². The van der Waals surface area contributed by atoms with Gasteiger partial charge < -0.3 is 14.8 Å². The number of carbonyl (C=O) groups excluding carboxylic acids is 1. The maximum Gasteiger partial charge on any atom is 0.330 e. The largest absolute Gasteiger partial charge is 0.493 e. The Bertz CT molecular complexity index is 422. The van der Waals surface area contributed by atoms with E-state index in [2.05, 4.69) is 14.7 Å². The van der Waals surface area contributed by atoms with Crippen LogP contribution in [0.4, 0.5) is 0 Å². The lowest BCUT2D eigenvalue weighted by molar-refractivity contribution is -0.134. The number of H-pyrrole nitrogens is 1. The average molecular weight is 196 g/mol. The molecule has 0 unspecified atom stereocenters. The van der Waals surface area contributed by atoms with Crippen molar-refractivity contribution in [3.05, 3.63) is 28.3 Å². The first-order chi connectivity index (χ1) is 6.65. The summed E-state index contributed by atoms with van der Waals surface area (Å²) in [5.74, 6) is -1.05. The lowest BCUT2D eigenvalue weighted by Crippen LogP contribution is -2.09. The predicted molar refractivity (Wildman–Crippen MR) is 47.6 cm³/mol. The highest BCUT2D eigenvalue weighted by atomic mass is 16.5. The number of hydrogen-bond acceptors (Lipinski definition) is 5. The third kappa shape index (κ3) is 2.19. The zero-order valence-electron chi connectivity index (χ0n) is 7.35. The highest BCUT2D eigenvalue weighted by molar-refractivity contribution is 5.87. The Kier molecular flexibility index (Phi) is 3.01. The van der Waals surface area contributed by atoms with E-state index in [0.717, 1.165) is 18.5 Å². The van der Waals surface area contributed by atoms with Crippen LogP contribution in [-0.2, 0) is 9.53 Å². The van der Waals surface area contributed by atoms with Crippen molar-refractivity contribution in [2.75, 3.05) is 7.11 Å². The van der Waals surface area contributed by atoms with Crippen molar-refractivity contribution in [1.82, 2.24) is 9.97 Å². The molecular formula is C8H8N2O4. The van der Waals surface area contributed by atoms with E-state index in [9.17, 15) is 9.59 Å². The van der Waals surface area contributed by atoms with Crippen LogP contribution >= 0.6 is 0 Å². The molecule has 0 radical (unpaired) electrons. The van der Waals surface area contributed by atoms with Gasteiger partial charge >= 0.3 is 5.97 Å². The number of carbonyl (C=O) groups is 1. The molecule has 1 aromatic heterocycles. The van der Waals surface area contributed by atoms with Gasteiger partial charge in [-0.1, -0.05) is 0 Å². The fraction of sp³-hybridized carbons (Fsp3) is 0.125. The highest BCUT2D eigenvalue weighted by Gasteiger charge is 2.03. The summed E-state index contributed by atoms with van der Waals surface area (Å²) >= 11 is 0. The summed E-state index contributed by atoms with van der Waals surface area (Å²) in [6, 6.07) is 0. The van der Waals surface area contributed by atoms with Crippen molar-refractivity contribution in [1.29, 1.82) is 0 Å². The molecule has 0 amide bonds. The molecule has 0 aromatic carbocycles. The van der Waals surface area contributed by atoms with Crippen molar-refractivity contribution >= 4 is 12.0 Å². The third-order valence-corrected chi connectivity index (χ3v) is 1.46. The van der Waals surface area contributed by atoms with Gasteiger partial charge in [0.15, 0.2) is 0 Å². The first-order valence-electron chi connectivity index (χ1n) is 3.68. The van der Waals surface area contributed by atoms with E-state index in [4.69, 9.17) is 5.11 Å². The normalized spacial score (nSPS) is 10.4. The molecule has 1 rings (SSSR count). The van der Waals surface area contributed by atoms with E-state index in [1.54, 1.807) is 0 Å². The second kappa shape index (κ2) is 4.22. The standard InChI is InChI=1S/C8H8N2O4/c1-14-6(11)3-2-5-7(12)9-4-10-8(5)13/h2-4H,1H3,(H2,9,10,12,13). The van der Waals surface area contributed by atoms with Gasteiger partial charge in [0, 0.05) is 6.08 Å². The Morgan fingerprint density at radius 3 is 3.00 bits per heavy atom. The highest BCUT2D eigenvalue weighted by Crippen LogP contribution is 2.07. The van der Waals surface area contributed by atoms with Gasteiger partial charge in [-0.25, -0.2) is 9.78 Å². The number of esters is 1. The van der Waals surface area contributed by atoms with E-state index in [-0.39, 0.29) is 5.56 Å². The van der Waals surface area contributed by atoms with Gasteiger partial charge in [0.05, 0.1) is 13.4 Å². The molecule has 1 aromatic rings. The van der Waals surface area contributed by atoms with Crippen LogP contribution in [0.1, 0.15) is 5.56 Å². The Labute approximate surface area is 78.9 Å². The summed E-state index contributed by atoms with van der Waals surface area (Å²) in [6.45, 7) is 0. The van der Waals surface area contributed by atoms with Crippen LogP contribution in [0, 0.1) is 0 Å². The number of nitrogens with zero attached hydrogens (tertiary/aromatic N) is 1. The van der Waals surface area contributed by atoms with Crippen molar-refractivity contribution in [2.45, 2.75) is 0 Å². The molecule has 6 heteroatoms. The molecule has 0 atom stereocenters. The van der Waals surface area contributed by atoms with E-state index in [1.807, 2.05) is 0 Å². The zero-order chi connectivity index (χ0) is 10.6. The summed E-state index contributed by atoms with van der Waals surface area (Å²) < 4.78 is 4.31. The minimum Gasteiger partial charge on any atom is -0.493 e. The zero-order valence-corrected chi connectivity index (χ0v) is 7.35. The van der Waals surface area contributed by atoms with Crippen LogP contribution in [0.15, 0.2) is 17.2 Å². The van der Waals surface area contributed by atoms with E-state index in [0.29, 0.717) is 0 Å².